The van der Waals surface area contributed by atoms with E-state index in [0.29, 0.717) is 17.5 Å². The lowest BCUT2D eigenvalue weighted by Crippen LogP contribution is -2.46. The van der Waals surface area contributed by atoms with E-state index in [0.717, 1.165) is 0 Å². The summed E-state index contributed by atoms with van der Waals surface area (Å²) in [5, 5.41) is 3.69. The van der Waals surface area contributed by atoms with Crippen LogP contribution in [0.25, 0.3) is 0 Å². The molecule has 0 amide bonds. The SMILES string of the molecule is CCCN(CC1(CNC(C)C)CCCC1)C(C)C. The molecule has 0 aliphatic heterocycles. The van der Waals surface area contributed by atoms with Crippen LogP contribution in [0.3, 0.4) is 0 Å². The van der Waals surface area contributed by atoms with E-state index in [2.05, 4.69) is 44.8 Å². The molecule has 0 aromatic rings. The fourth-order valence-corrected chi connectivity index (χ4v) is 3.17. The first-order valence-electron chi connectivity index (χ1n) is 7.96. The molecule has 2 nitrogen and oxygen atoms in total. The summed E-state index contributed by atoms with van der Waals surface area (Å²) in [6, 6.07) is 1.29. The van der Waals surface area contributed by atoms with Crippen molar-refractivity contribution < 1.29 is 0 Å². The molecule has 2 heteroatoms. The van der Waals surface area contributed by atoms with Crippen molar-refractivity contribution >= 4 is 0 Å². The van der Waals surface area contributed by atoms with E-state index in [-0.39, 0.29) is 0 Å². The maximum absolute atomic E-state index is 3.69. The van der Waals surface area contributed by atoms with Crippen LogP contribution in [0, 0.1) is 5.41 Å². The normalized spacial score (nSPS) is 19.3. The van der Waals surface area contributed by atoms with Gasteiger partial charge in [0.15, 0.2) is 0 Å². The maximum atomic E-state index is 3.69. The molecule has 1 saturated carbocycles. The molecule has 0 unspecified atom stereocenters. The molecule has 0 aromatic carbocycles. The Labute approximate surface area is 115 Å². The van der Waals surface area contributed by atoms with E-state index >= 15 is 0 Å². The number of nitrogens with one attached hydrogen (secondary N) is 1. The van der Waals surface area contributed by atoms with Crippen molar-refractivity contribution in [3.05, 3.63) is 0 Å². The minimum Gasteiger partial charge on any atom is -0.314 e. The Morgan fingerprint density at radius 1 is 1.11 bits per heavy atom. The zero-order valence-corrected chi connectivity index (χ0v) is 13.3. The van der Waals surface area contributed by atoms with E-state index in [9.17, 15) is 0 Å². The van der Waals surface area contributed by atoms with Crippen molar-refractivity contribution in [2.75, 3.05) is 19.6 Å². The molecule has 1 aliphatic carbocycles. The van der Waals surface area contributed by atoms with Gasteiger partial charge in [-0.25, -0.2) is 0 Å². The molecular formula is C16H34N2. The fraction of sp³-hybridized carbons (Fsp3) is 1.00. The average Bonchev–Trinajstić information content (AvgIpc) is 2.75. The van der Waals surface area contributed by atoms with Crippen molar-refractivity contribution in [1.29, 1.82) is 0 Å². The third-order valence-corrected chi connectivity index (χ3v) is 4.33. The molecular weight excluding hydrogens is 220 g/mol. The Morgan fingerprint density at radius 3 is 2.17 bits per heavy atom. The molecule has 0 spiro atoms. The molecule has 1 fully saturated rings. The average molecular weight is 254 g/mol. The van der Waals surface area contributed by atoms with E-state index in [1.807, 2.05) is 0 Å². The van der Waals surface area contributed by atoms with Gasteiger partial charge in [-0.15, -0.1) is 0 Å². The summed E-state index contributed by atoms with van der Waals surface area (Å²) in [5.74, 6) is 0. The molecule has 0 radical (unpaired) electrons. The summed E-state index contributed by atoms with van der Waals surface area (Å²) in [6.45, 7) is 15.2. The second-order valence-corrected chi connectivity index (χ2v) is 6.81. The molecule has 0 bridgehead atoms. The summed E-state index contributed by atoms with van der Waals surface area (Å²) in [7, 11) is 0. The van der Waals surface area contributed by atoms with Gasteiger partial charge in [-0.3, -0.25) is 0 Å². The topological polar surface area (TPSA) is 15.3 Å². The zero-order valence-electron chi connectivity index (χ0n) is 13.3. The largest absolute Gasteiger partial charge is 0.314 e. The van der Waals surface area contributed by atoms with Crippen molar-refractivity contribution in [3.63, 3.8) is 0 Å². The molecule has 108 valence electrons. The Kier molecular flexibility index (Phi) is 6.65. The summed E-state index contributed by atoms with van der Waals surface area (Å²) in [5.41, 5.74) is 0.545. The second-order valence-electron chi connectivity index (χ2n) is 6.81. The molecule has 1 aliphatic rings. The van der Waals surface area contributed by atoms with Gasteiger partial charge in [-0.2, -0.15) is 0 Å². The summed E-state index contributed by atoms with van der Waals surface area (Å²) >= 11 is 0. The molecule has 0 heterocycles. The van der Waals surface area contributed by atoms with Gasteiger partial charge in [0, 0.05) is 25.2 Å². The van der Waals surface area contributed by atoms with Gasteiger partial charge < -0.3 is 10.2 Å². The van der Waals surface area contributed by atoms with Crippen LogP contribution in [0.5, 0.6) is 0 Å². The van der Waals surface area contributed by atoms with Crippen LogP contribution in [0.15, 0.2) is 0 Å². The van der Waals surface area contributed by atoms with Gasteiger partial charge in [0.05, 0.1) is 0 Å². The van der Waals surface area contributed by atoms with Crippen LogP contribution < -0.4 is 5.32 Å². The smallest absolute Gasteiger partial charge is 0.00528 e. The maximum Gasteiger partial charge on any atom is 0.00528 e. The molecule has 0 atom stereocenters. The Bertz CT molecular complexity index is 217. The standard InChI is InChI=1S/C16H34N2/c1-6-11-18(15(4)5)13-16(9-7-8-10-16)12-17-14(2)3/h14-15,17H,6-13H2,1-5H3. The van der Waals surface area contributed by atoms with Crippen LogP contribution in [0.2, 0.25) is 0 Å². The molecule has 0 aromatic heterocycles. The number of hydrogen-bond donors (Lipinski definition) is 1. The molecule has 18 heavy (non-hydrogen) atoms. The molecule has 1 N–H and O–H groups in total. The van der Waals surface area contributed by atoms with Crippen LogP contribution in [-0.2, 0) is 0 Å². The predicted molar refractivity (Wildman–Crippen MR) is 81.0 cm³/mol. The second kappa shape index (κ2) is 7.49. The Hall–Kier alpha value is -0.0800. The van der Waals surface area contributed by atoms with Crippen LogP contribution in [0.4, 0.5) is 0 Å². The highest BCUT2D eigenvalue weighted by Crippen LogP contribution is 2.38. The van der Waals surface area contributed by atoms with E-state index in [4.69, 9.17) is 0 Å². The number of nitrogens with zero attached hydrogens (tertiary/aromatic N) is 1. The van der Waals surface area contributed by atoms with E-state index in [1.165, 1.54) is 51.7 Å². The summed E-state index contributed by atoms with van der Waals surface area (Å²) in [6.07, 6.45) is 6.96. The summed E-state index contributed by atoms with van der Waals surface area (Å²) < 4.78 is 0. The van der Waals surface area contributed by atoms with Crippen molar-refractivity contribution in [2.24, 2.45) is 5.41 Å². The highest BCUT2D eigenvalue weighted by molar-refractivity contribution is 4.90. The third kappa shape index (κ3) is 4.89. The monoisotopic (exact) mass is 254 g/mol. The first-order chi connectivity index (χ1) is 8.49. The third-order valence-electron chi connectivity index (χ3n) is 4.33. The van der Waals surface area contributed by atoms with Gasteiger partial charge in [0.25, 0.3) is 0 Å². The van der Waals surface area contributed by atoms with Crippen LogP contribution in [-0.4, -0.2) is 36.6 Å². The van der Waals surface area contributed by atoms with Crippen molar-refractivity contribution in [3.8, 4) is 0 Å². The van der Waals surface area contributed by atoms with E-state index < -0.39 is 0 Å². The van der Waals surface area contributed by atoms with Crippen LogP contribution >= 0.6 is 0 Å². The highest BCUT2D eigenvalue weighted by atomic mass is 15.2. The van der Waals surface area contributed by atoms with Crippen LogP contribution in [0.1, 0.15) is 66.7 Å². The lowest BCUT2D eigenvalue weighted by atomic mass is 9.84. The zero-order chi connectivity index (χ0) is 13.6. The Balaban J connectivity index is 2.59. The van der Waals surface area contributed by atoms with E-state index in [1.54, 1.807) is 0 Å². The van der Waals surface area contributed by atoms with Gasteiger partial charge in [0.1, 0.15) is 0 Å². The first kappa shape index (κ1) is 16.0. The van der Waals surface area contributed by atoms with Gasteiger partial charge >= 0.3 is 0 Å². The fourth-order valence-electron chi connectivity index (χ4n) is 3.17. The van der Waals surface area contributed by atoms with Crippen molar-refractivity contribution in [1.82, 2.24) is 10.2 Å². The van der Waals surface area contributed by atoms with Gasteiger partial charge in [-0.05, 0) is 45.1 Å². The number of rotatable bonds is 8. The quantitative estimate of drug-likeness (QED) is 0.711. The Morgan fingerprint density at radius 2 is 1.72 bits per heavy atom. The van der Waals surface area contributed by atoms with Gasteiger partial charge in [-0.1, -0.05) is 33.6 Å². The predicted octanol–water partition coefficient (Wildman–Crippen LogP) is 3.67. The number of hydrogen-bond acceptors (Lipinski definition) is 2. The first-order valence-corrected chi connectivity index (χ1v) is 7.96. The lowest BCUT2D eigenvalue weighted by Gasteiger charge is -2.38. The van der Waals surface area contributed by atoms with Gasteiger partial charge in [0.2, 0.25) is 0 Å². The summed E-state index contributed by atoms with van der Waals surface area (Å²) in [4.78, 5) is 2.69. The lowest BCUT2D eigenvalue weighted by molar-refractivity contribution is 0.119. The minimum atomic E-state index is 0.545. The highest BCUT2D eigenvalue weighted by Gasteiger charge is 2.35. The molecule has 1 rings (SSSR count). The van der Waals surface area contributed by atoms with Crippen molar-refractivity contribution in [2.45, 2.75) is 78.8 Å². The molecule has 0 saturated heterocycles. The minimum absolute atomic E-state index is 0.545.